The molecular weight excluding hydrogens is 295 g/mol. The van der Waals surface area contributed by atoms with E-state index in [-0.39, 0.29) is 4.65 Å². The molecule has 1 aliphatic rings. The molecule has 0 aliphatic carbocycles. The molecule has 0 radical (unpaired) electrons. The summed E-state index contributed by atoms with van der Waals surface area (Å²) in [5.74, 6) is 0.309. The Balaban J connectivity index is 2.36. The van der Waals surface area contributed by atoms with E-state index in [1.807, 2.05) is 38.1 Å². The minimum absolute atomic E-state index is 0.286. The van der Waals surface area contributed by atoms with Crippen LogP contribution in [0.3, 0.4) is 0 Å². The molecule has 0 amide bonds. The summed E-state index contributed by atoms with van der Waals surface area (Å²) in [5, 5.41) is 0. The largest absolute Gasteiger partial charge is 0.441 e. The van der Waals surface area contributed by atoms with Crippen LogP contribution in [0.1, 0.15) is 11.1 Å². The van der Waals surface area contributed by atoms with Gasteiger partial charge in [-0.05, 0) is 33.2 Å². The number of nitrogens with zero attached hydrogens (tertiary/aromatic N) is 3. The van der Waals surface area contributed by atoms with Crippen molar-refractivity contribution in [3.8, 4) is 0 Å². The fraction of sp³-hybridized carbons (Fsp3) is 0.533. The van der Waals surface area contributed by atoms with Crippen LogP contribution in [0, 0.1) is 6.92 Å². The van der Waals surface area contributed by atoms with Crippen LogP contribution in [-0.4, -0.2) is 62.0 Å². The molecule has 122 valence electrons. The third-order valence-corrected chi connectivity index (χ3v) is 3.58. The first-order valence-corrected chi connectivity index (χ1v) is 7.02. The van der Waals surface area contributed by atoms with Crippen LogP contribution in [-0.2, 0) is 4.84 Å². The van der Waals surface area contributed by atoms with Crippen molar-refractivity contribution >= 4 is 5.84 Å². The van der Waals surface area contributed by atoms with Gasteiger partial charge in [-0.2, -0.15) is 23.0 Å². The van der Waals surface area contributed by atoms with Crippen LogP contribution in [0.4, 0.5) is 13.2 Å². The van der Waals surface area contributed by atoms with E-state index in [9.17, 15) is 13.2 Å². The predicted molar refractivity (Wildman–Crippen MR) is 78.2 cm³/mol. The molecule has 2 atom stereocenters. The molecule has 2 unspecified atom stereocenters. The van der Waals surface area contributed by atoms with E-state index in [0.717, 1.165) is 5.56 Å². The minimum Gasteiger partial charge on any atom is -0.304 e. The first-order valence-electron chi connectivity index (χ1n) is 7.02. The molecular formula is C15H21F3N3O+. The van der Waals surface area contributed by atoms with Crippen LogP contribution in [0.5, 0.6) is 0 Å². The second-order valence-corrected chi connectivity index (χ2v) is 5.95. The van der Waals surface area contributed by atoms with E-state index in [4.69, 9.17) is 4.84 Å². The van der Waals surface area contributed by atoms with Crippen LogP contribution in [0.15, 0.2) is 29.3 Å². The summed E-state index contributed by atoms with van der Waals surface area (Å²) in [6, 6.07) is 7.27. The quantitative estimate of drug-likeness (QED) is 0.798. The number of quaternary nitrogens is 1. The number of halogens is 3. The summed E-state index contributed by atoms with van der Waals surface area (Å²) >= 11 is 0. The van der Waals surface area contributed by atoms with Gasteiger partial charge in [0.1, 0.15) is 13.6 Å². The summed E-state index contributed by atoms with van der Waals surface area (Å²) in [7, 11) is 5.35. The molecule has 0 bridgehead atoms. The average Bonchev–Trinajstić information content (AvgIpc) is 2.76. The fourth-order valence-electron chi connectivity index (χ4n) is 2.26. The molecule has 0 aromatic heterocycles. The van der Waals surface area contributed by atoms with E-state index in [2.05, 4.69) is 4.99 Å². The molecule has 0 fully saturated rings. The maximum Gasteiger partial charge on any atom is 0.441 e. The highest BCUT2D eigenvalue weighted by atomic mass is 19.4. The third kappa shape index (κ3) is 3.66. The maximum atomic E-state index is 13.0. The zero-order valence-corrected chi connectivity index (χ0v) is 13.2. The number of aliphatic imine (C=N–C) groups is 1. The molecule has 2 rings (SSSR count). The van der Waals surface area contributed by atoms with Crippen molar-refractivity contribution in [3.05, 3.63) is 35.4 Å². The van der Waals surface area contributed by atoms with Gasteiger partial charge >= 0.3 is 12.4 Å². The smallest absolute Gasteiger partial charge is 0.304 e. The Morgan fingerprint density at radius 1 is 1.23 bits per heavy atom. The lowest BCUT2D eigenvalue weighted by Crippen LogP contribution is -2.51. The highest BCUT2D eigenvalue weighted by Crippen LogP contribution is 2.33. The average molecular weight is 316 g/mol. The molecule has 0 N–H and O–H groups in total. The maximum absolute atomic E-state index is 13.0. The summed E-state index contributed by atoms with van der Waals surface area (Å²) < 4.78 is 38.7. The second kappa shape index (κ2) is 5.98. The molecule has 1 aliphatic heterocycles. The SMILES string of the molecule is Cc1ccc(C2=NC(C(F)(F)F)O[N+]2(C)CCN(C)C)cc1. The zero-order valence-electron chi connectivity index (χ0n) is 13.2. The molecule has 0 saturated carbocycles. The topological polar surface area (TPSA) is 24.8 Å². The van der Waals surface area contributed by atoms with Gasteiger partial charge in [-0.3, -0.25) is 0 Å². The number of alkyl halides is 3. The zero-order chi connectivity index (χ0) is 16.5. The monoisotopic (exact) mass is 316 g/mol. The summed E-state index contributed by atoms with van der Waals surface area (Å²) in [4.78, 5) is 11.0. The number of likely N-dealkylation sites (N-methyl/N-ethyl adjacent to an activating group) is 2. The van der Waals surface area contributed by atoms with Crippen molar-refractivity contribution in [2.45, 2.75) is 19.3 Å². The summed E-state index contributed by atoms with van der Waals surface area (Å²) in [6.07, 6.45) is -6.62. The third-order valence-electron chi connectivity index (χ3n) is 3.58. The Bertz CT molecular complexity index is 554. The lowest BCUT2D eigenvalue weighted by atomic mass is 10.1. The molecule has 1 aromatic rings. The molecule has 0 saturated heterocycles. The first-order chi connectivity index (χ1) is 10.1. The van der Waals surface area contributed by atoms with Crippen LogP contribution >= 0.6 is 0 Å². The van der Waals surface area contributed by atoms with Gasteiger partial charge in [0, 0.05) is 0 Å². The van der Waals surface area contributed by atoms with Gasteiger partial charge in [0.25, 0.3) is 5.84 Å². The Hall–Kier alpha value is -1.44. The van der Waals surface area contributed by atoms with Crippen LogP contribution in [0.25, 0.3) is 0 Å². The van der Waals surface area contributed by atoms with E-state index in [0.29, 0.717) is 24.5 Å². The Kier molecular flexibility index (Phi) is 4.60. The van der Waals surface area contributed by atoms with Gasteiger partial charge in [0.15, 0.2) is 0 Å². The van der Waals surface area contributed by atoms with Crippen molar-refractivity contribution in [3.63, 3.8) is 0 Å². The van der Waals surface area contributed by atoms with Gasteiger partial charge in [0.2, 0.25) is 0 Å². The second-order valence-electron chi connectivity index (χ2n) is 5.95. The summed E-state index contributed by atoms with van der Waals surface area (Å²) in [5.41, 5.74) is 1.69. The molecule has 4 nitrogen and oxygen atoms in total. The molecule has 1 aromatic carbocycles. The highest BCUT2D eigenvalue weighted by Gasteiger charge is 2.54. The Morgan fingerprint density at radius 2 is 1.82 bits per heavy atom. The standard InChI is InChI=1S/C15H21F3N3O/c1-11-5-7-12(8-6-11)13-19-14(15(16,17)18)22-21(13,4)10-9-20(2)3/h5-8,14H,9-10H2,1-4H3/q+1. The van der Waals surface area contributed by atoms with Crippen molar-refractivity contribution < 1.29 is 22.7 Å². The minimum atomic E-state index is -4.51. The lowest BCUT2D eigenvalue weighted by molar-refractivity contribution is -1.02. The number of hydrogen-bond acceptors (Lipinski definition) is 3. The van der Waals surface area contributed by atoms with Crippen molar-refractivity contribution in [2.75, 3.05) is 34.2 Å². The predicted octanol–water partition coefficient (Wildman–Crippen LogP) is 2.58. The normalized spacial score (nSPS) is 25.6. The van der Waals surface area contributed by atoms with Gasteiger partial charge < -0.3 is 4.90 Å². The number of aryl methyl sites for hydroxylation is 1. The van der Waals surface area contributed by atoms with Gasteiger partial charge in [-0.1, -0.05) is 17.7 Å². The van der Waals surface area contributed by atoms with E-state index >= 15 is 0 Å². The molecule has 0 spiro atoms. The number of hydroxylamine groups is 3. The van der Waals surface area contributed by atoms with E-state index in [1.165, 1.54) is 0 Å². The number of hydrogen-bond donors (Lipinski definition) is 0. The molecule has 1 heterocycles. The molecule has 7 heteroatoms. The van der Waals surface area contributed by atoms with Gasteiger partial charge in [0.05, 0.1) is 12.1 Å². The van der Waals surface area contributed by atoms with Crippen molar-refractivity contribution in [2.24, 2.45) is 4.99 Å². The summed E-state index contributed by atoms with van der Waals surface area (Å²) in [6.45, 7) is 2.90. The highest BCUT2D eigenvalue weighted by molar-refractivity contribution is 5.93. The fourth-order valence-corrected chi connectivity index (χ4v) is 2.26. The van der Waals surface area contributed by atoms with Crippen LogP contribution in [0.2, 0.25) is 0 Å². The van der Waals surface area contributed by atoms with E-state index < -0.39 is 12.4 Å². The van der Waals surface area contributed by atoms with Gasteiger partial charge in [-0.25, -0.2) is 0 Å². The Labute approximate surface area is 128 Å². The van der Waals surface area contributed by atoms with E-state index in [1.54, 1.807) is 19.2 Å². The number of amidine groups is 1. The first kappa shape index (κ1) is 16.9. The lowest BCUT2D eigenvalue weighted by Gasteiger charge is -2.28. The molecule has 22 heavy (non-hydrogen) atoms. The van der Waals surface area contributed by atoms with Crippen molar-refractivity contribution in [1.82, 2.24) is 4.90 Å². The van der Waals surface area contributed by atoms with Gasteiger partial charge in [-0.15, -0.1) is 4.65 Å². The van der Waals surface area contributed by atoms with Crippen molar-refractivity contribution in [1.29, 1.82) is 0 Å². The number of benzene rings is 1. The number of rotatable bonds is 4. The van der Waals surface area contributed by atoms with Crippen LogP contribution < -0.4 is 0 Å². The Morgan fingerprint density at radius 3 is 2.32 bits per heavy atom.